The van der Waals surface area contributed by atoms with Crippen molar-refractivity contribution in [3.8, 4) is 11.5 Å². The van der Waals surface area contributed by atoms with Crippen molar-refractivity contribution in [2.45, 2.75) is 0 Å². The van der Waals surface area contributed by atoms with Gasteiger partial charge in [0.05, 0.1) is 0 Å². The van der Waals surface area contributed by atoms with E-state index >= 15 is 0 Å². The molecule has 0 atom stereocenters. The van der Waals surface area contributed by atoms with Crippen molar-refractivity contribution in [3.63, 3.8) is 0 Å². The van der Waals surface area contributed by atoms with Gasteiger partial charge in [0, 0.05) is 0 Å². The molecule has 0 saturated carbocycles. The van der Waals surface area contributed by atoms with Crippen LogP contribution < -0.4 is 0 Å². The first-order valence-corrected chi connectivity index (χ1v) is 5.79. The Labute approximate surface area is 102 Å². The average molecular weight is 266 g/mol. The van der Waals surface area contributed by atoms with Crippen LogP contribution in [0.25, 0.3) is 22.7 Å². The van der Waals surface area contributed by atoms with E-state index in [4.69, 9.17) is 0 Å². The summed E-state index contributed by atoms with van der Waals surface area (Å²) in [5.41, 5.74) is 2.49. The number of nitrogens with zero attached hydrogens (tertiary/aromatic N) is 5. The van der Waals surface area contributed by atoms with Crippen LogP contribution in [0.5, 0.6) is 0 Å². The van der Waals surface area contributed by atoms with E-state index in [1.807, 2.05) is 21.5 Å². The molecule has 0 amide bonds. The van der Waals surface area contributed by atoms with Crippen LogP contribution in [0.4, 0.5) is 0 Å². The van der Waals surface area contributed by atoms with Gasteiger partial charge in [0.2, 0.25) is 0 Å². The van der Waals surface area contributed by atoms with Gasteiger partial charge >= 0.3 is 102 Å². The third kappa shape index (κ3) is 1.43. The summed E-state index contributed by atoms with van der Waals surface area (Å²) in [6, 6.07) is 5.77. The topological polar surface area (TPSA) is 56.5 Å². The predicted molar refractivity (Wildman–Crippen MR) is 59.7 cm³/mol. The van der Waals surface area contributed by atoms with E-state index < -0.39 is 0 Å². The Morgan fingerprint density at radius 2 is 2.12 bits per heavy atom. The maximum absolute atomic E-state index is 4.45. The fourth-order valence-corrected chi connectivity index (χ4v) is 2.30. The zero-order valence-corrected chi connectivity index (χ0v) is 10.7. The van der Waals surface area contributed by atoms with Gasteiger partial charge in [0.25, 0.3) is 0 Å². The number of fused-ring (bicyclic) bond motifs is 1. The summed E-state index contributed by atoms with van der Waals surface area (Å²) in [5.74, 6) is 0.830. The molecular weight excluding hydrogens is 260 g/mol. The van der Waals surface area contributed by atoms with Gasteiger partial charge in [0.1, 0.15) is 0 Å². The Morgan fingerprint density at radius 1 is 1.19 bits per heavy atom. The van der Waals surface area contributed by atoms with Crippen LogP contribution in [-0.4, -0.2) is 42.1 Å². The first-order valence-electron chi connectivity index (χ1n) is 4.71. The third-order valence-corrected chi connectivity index (χ3v) is 3.36. The molecule has 0 unspecified atom stereocenters. The SMILES string of the molecule is [Ga][n]1c(-c2ccccn2)nc2ncncc21. The van der Waals surface area contributed by atoms with Crippen LogP contribution in [0.3, 0.4) is 0 Å². The summed E-state index contributed by atoms with van der Waals surface area (Å²) in [6.45, 7) is 0. The molecule has 3 rings (SSSR count). The summed E-state index contributed by atoms with van der Waals surface area (Å²) in [4.78, 5) is 16.9. The Hall–Kier alpha value is -1.66. The number of aromatic nitrogens is 5. The van der Waals surface area contributed by atoms with E-state index in [0.29, 0.717) is 5.65 Å². The van der Waals surface area contributed by atoms with E-state index in [0.717, 1.165) is 17.0 Å². The maximum atomic E-state index is 4.45. The zero-order valence-electron chi connectivity index (χ0n) is 8.28. The molecule has 5 nitrogen and oxygen atoms in total. The number of imidazole rings is 1. The van der Waals surface area contributed by atoms with Crippen LogP contribution >= 0.6 is 0 Å². The summed E-state index contributed by atoms with van der Waals surface area (Å²) >= 11 is 1.44. The number of hydrogen-bond acceptors (Lipinski definition) is 4. The van der Waals surface area contributed by atoms with Crippen molar-refractivity contribution in [3.05, 3.63) is 36.9 Å². The summed E-state index contributed by atoms with van der Waals surface area (Å²) in [7, 11) is 0. The van der Waals surface area contributed by atoms with E-state index in [9.17, 15) is 0 Å². The van der Waals surface area contributed by atoms with Crippen molar-refractivity contribution >= 4 is 30.0 Å². The standard InChI is InChI=1S/C10H6N5.Ga/c1-2-4-12-7(3-1)10-14-8-5-11-6-13-9(8)15-10;/h1-6H;/q-1;+1. The molecule has 0 saturated heterocycles. The molecule has 0 N–H and O–H groups in total. The van der Waals surface area contributed by atoms with E-state index in [-0.39, 0.29) is 0 Å². The second kappa shape index (κ2) is 3.73. The van der Waals surface area contributed by atoms with Crippen molar-refractivity contribution in [2.75, 3.05) is 0 Å². The average Bonchev–Trinajstić information content (AvgIpc) is 2.69. The first-order chi connectivity index (χ1) is 7.86. The van der Waals surface area contributed by atoms with Gasteiger partial charge in [-0.1, -0.05) is 0 Å². The van der Waals surface area contributed by atoms with E-state index in [2.05, 4.69) is 19.9 Å². The minimum absolute atomic E-state index is 0.708. The first kappa shape index (κ1) is 9.55. The normalized spacial score (nSPS) is 10.8. The molecule has 0 aliphatic carbocycles. The minimum atomic E-state index is 0.708. The van der Waals surface area contributed by atoms with E-state index in [1.165, 1.54) is 25.2 Å². The van der Waals surface area contributed by atoms with Crippen molar-refractivity contribution in [1.82, 2.24) is 23.2 Å². The number of hydrogen-bond donors (Lipinski definition) is 0. The van der Waals surface area contributed by atoms with E-state index in [1.54, 1.807) is 12.4 Å². The summed E-state index contributed by atoms with van der Waals surface area (Å²) < 4.78 is 2.00. The van der Waals surface area contributed by atoms with Gasteiger partial charge in [0.15, 0.2) is 0 Å². The molecule has 3 aromatic rings. The summed E-state index contributed by atoms with van der Waals surface area (Å²) in [5, 5.41) is 0. The second-order valence-electron chi connectivity index (χ2n) is 3.25. The van der Waals surface area contributed by atoms with Gasteiger partial charge < -0.3 is 0 Å². The van der Waals surface area contributed by atoms with Gasteiger partial charge in [-0.15, -0.1) is 0 Å². The molecule has 3 heterocycles. The second-order valence-corrected chi connectivity index (χ2v) is 4.34. The Bertz CT molecular complexity index is 634. The molecule has 2 radical (unpaired) electrons. The predicted octanol–water partition coefficient (Wildman–Crippen LogP) is 0.820. The van der Waals surface area contributed by atoms with Gasteiger partial charge in [-0.3, -0.25) is 0 Å². The van der Waals surface area contributed by atoms with Gasteiger partial charge in [-0.2, -0.15) is 0 Å². The quantitative estimate of drug-likeness (QED) is 0.612. The van der Waals surface area contributed by atoms with Gasteiger partial charge in [-0.05, 0) is 0 Å². The third-order valence-electron chi connectivity index (χ3n) is 2.27. The van der Waals surface area contributed by atoms with Crippen LogP contribution in [0.1, 0.15) is 0 Å². The molecule has 0 spiro atoms. The fourth-order valence-electron chi connectivity index (χ4n) is 1.52. The molecule has 16 heavy (non-hydrogen) atoms. The molecule has 0 aliphatic heterocycles. The molecule has 0 fully saturated rings. The van der Waals surface area contributed by atoms with Crippen molar-refractivity contribution in [2.24, 2.45) is 0 Å². The molecule has 3 aromatic heterocycles. The molecule has 6 heteroatoms. The van der Waals surface area contributed by atoms with Crippen molar-refractivity contribution in [1.29, 1.82) is 0 Å². The molecule has 0 bridgehead atoms. The Kier molecular flexibility index (Phi) is 2.23. The molecular formula is C10H6GaN5. The van der Waals surface area contributed by atoms with Crippen LogP contribution in [0.15, 0.2) is 36.9 Å². The molecule has 0 aliphatic rings. The van der Waals surface area contributed by atoms with Crippen LogP contribution in [0, 0.1) is 0 Å². The molecule has 74 valence electrons. The molecule has 0 aromatic carbocycles. The number of rotatable bonds is 1. The van der Waals surface area contributed by atoms with Crippen LogP contribution in [-0.2, 0) is 0 Å². The zero-order chi connectivity index (χ0) is 11.0. The number of pyridine rings is 1. The Balaban J connectivity index is 2.29. The Morgan fingerprint density at radius 3 is 2.88 bits per heavy atom. The van der Waals surface area contributed by atoms with Crippen LogP contribution in [0.2, 0.25) is 0 Å². The van der Waals surface area contributed by atoms with Gasteiger partial charge in [-0.25, -0.2) is 0 Å². The van der Waals surface area contributed by atoms with Crippen molar-refractivity contribution < 1.29 is 0 Å². The summed E-state index contributed by atoms with van der Waals surface area (Å²) in [6.07, 6.45) is 5.03. The fraction of sp³-hybridized carbons (Fsp3) is 0. The monoisotopic (exact) mass is 265 g/mol.